The second kappa shape index (κ2) is 7.14. The molecule has 0 aliphatic carbocycles. The van der Waals surface area contributed by atoms with Crippen LogP contribution < -0.4 is 4.74 Å². The zero-order chi connectivity index (χ0) is 11.1. The molecule has 0 aromatic heterocycles. The molecule has 0 spiro atoms. The Morgan fingerprint density at radius 2 is 2.27 bits per heavy atom. The van der Waals surface area contributed by atoms with Crippen LogP contribution in [0.15, 0.2) is 22.7 Å². The molecule has 1 rings (SSSR count). The summed E-state index contributed by atoms with van der Waals surface area (Å²) < 4.78 is 6.50. The van der Waals surface area contributed by atoms with Gasteiger partial charge in [0.1, 0.15) is 5.75 Å². The Hall–Kier alpha value is -0.190. The molecule has 84 valence electrons. The minimum Gasteiger partial charge on any atom is -0.492 e. The molecule has 0 amide bonds. The van der Waals surface area contributed by atoms with E-state index in [2.05, 4.69) is 22.2 Å². The van der Waals surface area contributed by atoms with Gasteiger partial charge >= 0.3 is 0 Å². The van der Waals surface area contributed by atoms with Crippen molar-refractivity contribution in [3.63, 3.8) is 0 Å². The van der Waals surface area contributed by atoms with Crippen LogP contribution in [0.1, 0.15) is 12.0 Å². The van der Waals surface area contributed by atoms with Gasteiger partial charge < -0.3 is 9.84 Å². The molecule has 0 atom stereocenters. The van der Waals surface area contributed by atoms with Crippen LogP contribution in [0.3, 0.4) is 0 Å². The third-order valence-corrected chi connectivity index (χ3v) is 3.25. The van der Waals surface area contributed by atoms with Crippen LogP contribution >= 0.6 is 27.7 Å². The van der Waals surface area contributed by atoms with Crippen molar-refractivity contribution >= 4 is 27.7 Å². The first-order valence-corrected chi connectivity index (χ1v) is 6.97. The molecule has 15 heavy (non-hydrogen) atoms. The molecular weight excluding hydrogens is 276 g/mol. The van der Waals surface area contributed by atoms with Crippen molar-refractivity contribution < 1.29 is 9.84 Å². The standard InChI is InChI=1S/C11H15BrO2S/c1-15-6-2-5-14-11-4-3-9(8-13)7-10(11)12/h3-4,7,13H,2,5-6,8H2,1H3. The van der Waals surface area contributed by atoms with Gasteiger partial charge in [-0.05, 0) is 52.1 Å². The Labute approximate surface area is 103 Å². The lowest BCUT2D eigenvalue weighted by Crippen LogP contribution is -1.99. The minimum atomic E-state index is 0.0609. The molecule has 0 heterocycles. The highest BCUT2D eigenvalue weighted by molar-refractivity contribution is 9.10. The van der Waals surface area contributed by atoms with Crippen molar-refractivity contribution in [1.29, 1.82) is 0 Å². The van der Waals surface area contributed by atoms with Crippen molar-refractivity contribution in [2.24, 2.45) is 0 Å². The fourth-order valence-electron chi connectivity index (χ4n) is 1.15. The first-order valence-electron chi connectivity index (χ1n) is 4.79. The maximum absolute atomic E-state index is 8.93. The molecule has 0 fully saturated rings. The van der Waals surface area contributed by atoms with Gasteiger partial charge in [-0.3, -0.25) is 0 Å². The molecule has 0 unspecified atom stereocenters. The first kappa shape index (κ1) is 12.9. The summed E-state index contributed by atoms with van der Waals surface area (Å²) in [5.74, 6) is 1.96. The molecule has 2 nitrogen and oxygen atoms in total. The van der Waals surface area contributed by atoms with Gasteiger partial charge in [-0.1, -0.05) is 6.07 Å². The van der Waals surface area contributed by atoms with E-state index in [1.165, 1.54) is 0 Å². The number of hydrogen-bond acceptors (Lipinski definition) is 3. The lowest BCUT2D eigenvalue weighted by Gasteiger charge is -2.08. The molecule has 4 heteroatoms. The number of rotatable bonds is 6. The highest BCUT2D eigenvalue weighted by Crippen LogP contribution is 2.26. The van der Waals surface area contributed by atoms with Crippen LogP contribution in [0, 0.1) is 0 Å². The molecule has 1 N–H and O–H groups in total. The number of ether oxygens (including phenoxy) is 1. The average Bonchev–Trinajstić information content (AvgIpc) is 2.26. The van der Waals surface area contributed by atoms with E-state index in [1.54, 1.807) is 0 Å². The van der Waals surface area contributed by atoms with Crippen LogP contribution in [0.5, 0.6) is 5.75 Å². The lowest BCUT2D eigenvalue weighted by atomic mass is 10.2. The summed E-state index contributed by atoms with van der Waals surface area (Å²) in [7, 11) is 0. The molecule has 0 aliphatic rings. The van der Waals surface area contributed by atoms with Gasteiger partial charge in [-0.15, -0.1) is 0 Å². The molecular formula is C11H15BrO2S. The normalized spacial score (nSPS) is 10.3. The number of hydrogen-bond donors (Lipinski definition) is 1. The molecule has 0 aliphatic heterocycles. The zero-order valence-corrected chi connectivity index (χ0v) is 11.1. The van der Waals surface area contributed by atoms with Gasteiger partial charge in [0, 0.05) is 0 Å². The topological polar surface area (TPSA) is 29.5 Å². The third-order valence-electron chi connectivity index (χ3n) is 1.93. The van der Waals surface area contributed by atoms with Crippen molar-refractivity contribution in [3.05, 3.63) is 28.2 Å². The number of benzene rings is 1. The fourth-order valence-corrected chi connectivity index (χ4v) is 2.09. The predicted molar refractivity (Wildman–Crippen MR) is 68.6 cm³/mol. The molecule has 1 aromatic rings. The summed E-state index contributed by atoms with van der Waals surface area (Å²) in [4.78, 5) is 0. The van der Waals surface area contributed by atoms with Gasteiger partial charge in [-0.25, -0.2) is 0 Å². The SMILES string of the molecule is CSCCCOc1ccc(CO)cc1Br. The van der Waals surface area contributed by atoms with Crippen LogP contribution in [-0.2, 0) is 6.61 Å². The summed E-state index contributed by atoms with van der Waals surface area (Å²) in [5, 5.41) is 8.93. The summed E-state index contributed by atoms with van der Waals surface area (Å²) in [5.41, 5.74) is 0.887. The Kier molecular flexibility index (Phi) is 6.13. The third kappa shape index (κ3) is 4.45. The predicted octanol–water partition coefficient (Wildman–Crippen LogP) is 3.07. The van der Waals surface area contributed by atoms with Crippen LogP contribution in [-0.4, -0.2) is 23.7 Å². The summed E-state index contributed by atoms with van der Waals surface area (Å²) in [6.45, 7) is 0.795. The van der Waals surface area contributed by atoms with Crippen molar-refractivity contribution in [3.8, 4) is 5.75 Å². The second-order valence-corrected chi connectivity index (χ2v) is 4.96. The highest BCUT2D eigenvalue weighted by atomic mass is 79.9. The largest absolute Gasteiger partial charge is 0.492 e. The second-order valence-electron chi connectivity index (χ2n) is 3.12. The number of thioether (sulfide) groups is 1. The minimum absolute atomic E-state index is 0.0609. The van der Waals surface area contributed by atoms with E-state index in [-0.39, 0.29) is 6.61 Å². The monoisotopic (exact) mass is 290 g/mol. The van der Waals surface area contributed by atoms with E-state index >= 15 is 0 Å². The Morgan fingerprint density at radius 3 is 2.87 bits per heavy atom. The van der Waals surface area contributed by atoms with Gasteiger partial charge in [0.25, 0.3) is 0 Å². The Balaban J connectivity index is 2.47. The lowest BCUT2D eigenvalue weighted by molar-refractivity contribution is 0.281. The maximum Gasteiger partial charge on any atom is 0.133 e. The van der Waals surface area contributed by atoms with Crippen LogP contribution in [0.4, 0.5) is 0 Å². The van der Waals surface area contributed by atoms with Crippen molar-refractivity contribution in [1.82, 2.24) is 0 Å². The molecule has 1 aromatic carbocycles. The van der Waals surface area contributed by atoms with Crippen LogP contribution in [0.25, 0.3) is 0 Å². The van der Waals surface area contributed by atoms with E-state index in [1.807, 2.05) is 30.0 Å². The zero-order valence-electron chi connectivity index (χ0n) is 8.70. The molecule has 0 radical (unpaired) electrons. The van der Waals surface area contributed by atoms with Crippen LogP contribution in [0.2, 0.25) is 0 Å². The van der Waals surface area contributed by atoms with E-state index in [0.717, 1.165) is 34.6 Å². The summed E-state index contributed by atoms with van der Waals surface area (Å²) in [6, 6.07) is 5.63. The summed E-state index contributed by atoms with van der Waals surface area (Å²) in [6.07, 6.45) is 3.14. The van der Waals surface area contributed by atoms with Gasteiger partial charge in [0.2, 0.25) is 0 Å². The van der Waals surface area contributed by atoms with E-state index < -0.39 is 0 Å². The van der Waals surface area contributed by atoms with E-state index in [4.69, 9.17) is 9.84 Å². The van der Waals surface area contributed by atoms with Gasteiger partial charge in [0.15, 0.2) is 0 Å². The number of aliphatic hydroxyl groups is 1. The van der Waals surface area contributed by atoms with E-state index in [9.17, 15) is 0 Å². The van der Waals surface area contributed by atoms with E-state index in [0.29, 0.717) is 0 Å². The van der Waals surface area contributed by atoms with Crippen molar-refractivity contribution in [2.45, 2.75) is 13.0 Å². The quantitative estimate of drug-likeness (QED) is 0.817. The Bertz CT molecular complexity index is 305. The molecule has 0 bridgehead atoms. The fraction of sp³-hybridized carbons (Fsp3) is 0.455. The number of aliphatic hydroxyl groups excluding tert-OH is 1. The number of halogens is 1. The summed E-state index contributed by atoms with van der Waals surface area (Å²) >= 11 is 5.24. The smallest absolute Gasteiger partial charge is 0.133 e. The van der Waals surface area contributed by atoms with Gasteiger partial charge in [0.05, 0.1) is 17.7 Å². The molecule has 0 saturated carbocycles. The van der Waals surface area contributed by atoms with Crippen molar-refractivity contribution in [2.75, 3.05) is 18.6 Å². The first-order chi connectivity index (χ1) is 7.27. The Morgan fingerprint density at radius 1 is 1.47 bits per heavy atom. The maximum atomic E-state index is 8.93. The van der Waals surface area contributed by atoms with Gasteiger partial charge in [-0.2, -0.15) is 11.8 Å². The average molecular weight is 291 g/mol. The molecule has 0 saturated heterocycles. The highest BCUT2D eigenvalue weighted by Gasteiger charge is 2.01.